The molecule has 5 aromatic rings. The molecule has 16 nitrogen and oxygen atoms in total. The number of unbranched alkanes of at least 4 members (excludes halogenated alkanes) is 5. The fourth-order valence-corrected chi connectivity index (χ4v) is 9.34. The van der Waals surface area contributed by atoms with Gasteiger partial charge in [0.25, 0.3) is 11.5 Å². The van der Waals surface area contributed by atoms with Crippen LogP contribution in [0.15, 0.2) is 53.6 Å². The largest absolute Gasteiger partial charge is 0.368 e. The minimum atomic E-state index is -0.307. The van der Waals surface area contributed by atoms with Crippen molar-refractivity contribution in [2.75, 3.05) is 60.1 Å². The topological polar surface area (TPSA) is 196 Å². The van der Waals surface area contributed by atoms with E-state index in [0.717, 1.165) is 107 Å². The predicted molar refractivity (Wildman–Crippen MR) is 252 cm³/mol. The second kappa shape index (κ2) is 21.5. The van der Waals surface area contributed by atoms with E-state index in [-0.39, 0.29) is 40.7 Å². The van der Waals surface area contributed by atoms with Crippen LogP contribution in [0.5, 0.6) is 0 Å². The number of carbonyl (C=O) groups excluding carboxylic acids is 4. The van der Waals surface area contributed by atoms with Gasteiger partial charge in [-0.1, -0.05) is 50.7 Å². The predicted octanol–water partition coefficient (Wildman–Crippen LogP) is 7.49. The number of ketones is 1. The number of pyridine rings is 2. The van der Waals surface area contributed by atoms with Gasteiger partial charge in [-0.15, -0.1) is 11.3 Å². The number of piperazine rings is 1. The number of carbonyl (C=O) groups is 4. The maximum Gasteiger partial charge on any atom is 0.263 e. The van der Waals surface area contributed by atoms with Gasteiger partial charge in [-0.3, -0.25) is 38.8 Å². The molecule has 3 amide bonds. The molecule has 2 fully saturated rings. The number of thiazole rings is 1. The Morgan fingerprint density at radius 1 is 0.812 bits per heavy atom. The molecule has 64 heavy (non-hydrogen) atoms. The Bertz CT molecular complexity index is 2510. The molecular formula is C47H59N11O5S. The summed E-state index contributed by atoms with van der Waals surface area (Å²) in [6, 6.07) is 10.9. The van der Waals surface area contributed by atoms with Gasteiger partial charge in [-0.25, -0.2) is 15.0 Å². The molecule has 1 aliphatic heterocycles. The molecule has 1 saturated carbocycles. The Labute approximate surface area is 377 Å². The fraction of sp³-hybridized carbons (Fsp3) is 0.468. The first kappa shape index (κ1) is 45.9. The van der Waals surface area contributed by atoms with Crippen molar-refractivity contribution < 1.29 is 19.2 Å². The normalized spacial score (nSPS) is 14.5. The van der Waals surface area contributed by atoms with E-state index in [4.69, 9.17) is 4.98 Å². The molecule has 0 radical (unpaired) electrons. The van der Waals surface area contributed by atoms with Crippen molar-refractivity contribution in [3.63, 3.8) is 0 Å². The van der Waals surface area contributed by atoms with E-state index < -0.39 is 0 Å². The summed E-state index contributed by atoms with van der Waals surface area (Å²) in [7, 11) is 0. The number of aromatic nitrogens is 5. The monoisotopic (exact) mass is 889 g/mol. The molecule has 0 unspecified atom stereocenters. The number of fused-ring (bicyclic) bond motifs is 1. The van der Waals surface area contributed by atoms with Gasteiger partial charge in [0.05, 0.1) is 40.9 Å². The van der Waals surface area contributed by atoms with Crippen molar-refractivity contribution in [3.8, 4) is 0 Å². The van der Waals surface area contributed by atoms with E-state index in [1.165, 1.54) is 18.3 Å². The number of hydrogen-bond donors (Lipinski definition) is 4. The van der Waals surface area contributed by atoms with Crippen LogP contribution in [0.25, 0.3) is 11.0 Å². The van der Waals surface area contributed by atoms with Crippen LogP contribution < -0.4 is 31.7 Å². The van der Waals surface area contributed by atoms with Gasteiger partial charge in [0.15, 0.2) is 10.9 Å². The standard InChI is InChI=1S/C47H59N11O5S/c1-30-37-28-50-46(54-43(37)58(34-15-10-11-16-34)45(63)42(30)32(3)59)53-39-21-20-35(27-49-39)57-25-23-56(24-26-57)29-41(61)48-22-14-8-6-5-7-9-19-40(60)52-38-18-13-12-17-36(38)44(62)55-47-51-31(2)33(4)64-47/h12-13,17-18,20-21,27-28,34H,5-11,14-16,19,22-26,29H2,1-4H3,(H,48,61)(H,52,60)(H,51,55,62)(H,49,50,53,54). The zero-order valence-electron chi connectivity index (χ0n) is 37.3. The number of Topliss-reactive ketones (excluding diaryl/α,β-unsaturated/α-hetero) is 1. The summed E-state index contributed by atoms with van der Waals surface area (Å²) in [4.78, 5) is 88.1. The Morgan fingerprint density at radius 2 is 1.55 bits per heavy atom. The SMILES string of the molecule is CC(=O)c1c(C)c2cnc(Nc3ccc(N4CCN(CC(=O)NCCCCCCCCC(=O)Nc5ccccc5C(=O)Nc5nc(C)c(C)s5)CC4)cn3)nc2n(C2CCCC2)c1=O. The van der Waals surface area contributed by atoms with Crippen LogP contribution in [0.2, 0.25) is 0 Å². The lowest BCUT2D eigenvalue weighted by Gasteiger charge is -2.35. The smallest absolute Gasteiger partial charge is 0.263 e. The first-order valence-electron chi connectivity index (χ1n) is 22.5. The maximum absolute atomic E-state index is 13.6. The van der Waals surface area contributed by atoms with Crippen molar-refractivity contribution >= 4 is 74.1 Å². The highest BCUT2D eigenvalue weighted by molar-refractivity contribution is 7.15. The molecule has 2 aliphatic rings. The average Bonchev–Trinajstić information content (AvgIpc) is 3.92. The number of nitrogens with one attached hydrogen (secondary N) is 4. The molecule has 1 saturated heterocycles. The summed E-state index contributed by atoms with van der Waals surface area (Å²) in [6.45, 7) is 11.2. The Kier molecular flexibility index (Phi) is 15.5. The Morgan fingerprint density at radius 3 is 2.25 bits per heavy atom. The number of hydrogen-bond acceptors (Lipinski definition) is 13. The van der Waals surface area contributed by atoms with Gasteiger partial charge in [-0.05, 0) is 83.2 Å². The first-order valence-corrected chi connectivity index (χ1v) is 23.3. The molecule has 4 aromatic heterocycles. The fourth-order valence-electron chi connectivity index (χ4n) is 8.53. The zero-order valence-corrected chi connectivity index (χ0v) is 38.1. The summed E-state index contributed by atoms with van der Waals surface area (Å²) in [5.74, 6) is 0.272. The number of rotatable bonds is 19. The number of anilines is 5. The molecule has 0 bridgehead atoms. The van der Waals surface area contributed by atoms with E-state index >= 15 is 0 Å². The lowest BCUT2D eigenvalue weighted by atomic mass is 10.0. The number of amides is 3. The lowest BCUT2D eigenvalue weighted by Crippen LogP contribution is -2.49. The van der Waals surface area contributed by atoms with Crippen LogP contribution in [0.1, 0.15) is 120 Å². The lowest BCUT2D eigenvalue weighted by molar-refractivity contribution is -0.122. The van der Waals surface area contributed by atoms with Crippen LogP contribution in [0.4, 0.5) is 28.3 Å². The number of nitrogens with zero attached hydrogens (tertiary/aromatic N) is 7. The quantitative estimate of drug-likeness (QED) is 0.0472. The second-order valence-electron chi connectivity index (χ2n) is 16.8. The maximum atomic E-state index is 13.6. The third kappa shape index (κ3) is 11.5. The molecule has 1 aliphatic carbocycles. The van der Waals surface area contributed by atoms with Crippen molar-refractivity contribution in [2.24, 2.45) is 0 Å². The summed E-state index contributed by atoms with van der Waals surface area (Å²) in [5.41, 5.74) is 3.82. The van der Waals surface area contributed by atoms with Gasteiger partial charge in [0, 0.05) is 61.6 Å². The number of aryl methyl sites for hydroxylation is 3. The van der Waals surface area contributed by atoms with Crippen LogP contribution in [0, 0.1) is 20.8 Å². The third-order valence-electron chi connectivity index (χ3n) is 12.2. The van der Waals surface area contributed by atoms with E-state index in [1.54, 1.807) is 42.0 Å². The van der Waals surface area contributed by atoms with Gasteiger partial charge < -0.3 is 20.9 Å². The van der Waals surface area contributed by atoms with E-state index in [0.29, 0.717) is 64.3 Å². The molecule has 4 N–H and O–H groups in total. The summed E-state index contributed by atoms with van der Waals surface area (Å²) >= 11 is 1.42. The van der Waals surface area contributed by atoms with E-state index in [2.05, 4.69) is 46.0 Å². The van der Waals surface area contributed by atoms with Crippen molar-refractivity contribution in [1.29, 1.82) is 0 Å². The molecule has 5 heterocycles. The van der Waals surface area contributed by atoms with Crippen molar-refractivity contribution in [3.05, 3.63) is 86.4 Å². The number of para-hydroxylation sites is 1. The molecule has 0 spiro atoms. The summed E-state index contributed by atoms with van der Waals surface area (Å²) in [5, 5.41) is 13.2. The average molecular weight is 890 g/mol. The molecule has 338 valence electrons. The zero-order chi connectivity index (χ0) is 45.2. The third-order valence-corrected chi connectivity index (χ3v) is 13.2. The molecule has 7 rings (SSSR count). The summed E-state index contributed by atoms with van der Waals surface area (Å²) < 4.78 is 1.71. The van der Waals surface area contributed by atoms with E-state index in [9.17, 15) is 24.0 Å². The highest BCUT2D eigenvalue weighted by Crippen LogP contribution is 2.32. The molecule has 0 atom stereocenters. The van der Waals surface area contributed by atoms with Gasteiger partial charge in [-0.2, -0.15) is 4.98 Å². The highest BCUT2D eigenvalue weighted by Gasteiger charge is 2.26. The minimum Gasteiger partial charge on any atom is -0.368 e. The first-order chi connectivity index (χ1) is 30.9. The minimum absolute atomic E-state index is 0.00236. The van der Waals surface area contributed by atoms with Crippen LogP contribution in [0.3, 0.4) is 0 Å². The second-order valence-corrected chi connectivity index (χ2v) is 18.0. The van der Waals surface area contributed by atoms with Crippen LogP contribution in [-0.4, -0.2) is 92.2 Å². The van der Waals surface area contributed by atoms with Crippen LogP contribution in [-0.2, 0) is 9.59 Å². The van der Waals surface area contributed by atoms with Crippen molar-refractivity contribution in [1.82, 2.24) is 34.7 Å². The van der Waals surface area contributed by atoms with Gasteiger partial charge in [0.1, 0.15) is 11.5 Å². The van der Waals surface area contributed by atoms with Gasteiger partial charge >= 0.3 is 0 Å². The molecule has 1 aromatic carbocycles. The summed E-state index contributed by atoms with van der Waals surface area (Å²) in [6.07, 6.45) is 13.4. The Balaban J connectivity index is 0.764. The van der Waals surface area contributed by atoms with Crippen LogP contribution >= 0.6 is 11.3 Å². The number of benzene rings is 1. The molecule has 17 heteroatoms. The van der Waals surface area contributed by atoms with Gasteiger partial charge in [0.2, 0.25) is 17.8 Å². The van der Waals surface area contributed by atoms with Crippen molar-refractivity contribution in [2.45, 2.75) is 104 Å². The Hall–Kier alpha value is -6.07. The highest BCUT2D eigenvalue weighted by atomic mass is 32.1. The van der Waals surface area contributed by atoms with E-state index in [1.807, 2.05) is 32.2 Å². The molecular weight excluding hydrogens is 831 g/mol.